The summed E-state index contributed by atoms with van der Waals surface area (Å²) < 4.78 is 0. The SMILES string of the molecule is NC(N)=Nc1ccc(CN2CCCC(N)C2=O)cc1. The van der Waals surface area contributed by atoms with E-state index in [4.69, 9.17) is 17.2 Å². The van der Waals surface area contributed by atoms with Gasteiger partial charge in [0.15, 0.2) is 5.96 Å². The fraction of sp³-hybridized carbons (Fsp3) is 0.385. The smallest absolute Gasteiger partial charge is 0.239 e. The number of guanidine groups is 1. The highest BCUT2D eigenvalue weighted by Crippen LogP contribution is 2.17. The highest BCUT2D eigenvalue weighted by molar-refractivity contribution is 5.82. The maximum Gasteiger partial charge on any atom is 0.239 e. The summed E-state index contributed by atoms with van der Waals surface area (Å²) in [5.74, 6) is 0.0597. The van der Waals surface area contributed by atoms with Crippen LogP contribution >= 0.6 is 0 Å². The topological polar surface area (TPSA) is 111 Å². The third-order valence-electron chi connectivity index (χ3n) is 3.14. The number of amides is 1. The lowest BCUT2D eigenvalue weighted by molar-refractivity contribution is -0.135. The number of carbonyl (C=O) groups is 1. The highest BCUT2D eigenvalue weighted by atomic mass is 16.2. The Balaban J connectivity index is 2.03. The van der Waals surface area contributed by atoms with Gasteiger partial charge < -0.3 is 22.1 Å². The van der Waals surface area contributed by atoms with Crippen LogP contribution in [0, 0.1) is 0 Å². The van der Waals surface area contributed by atoms with Crippen molar-refractivity contribution in [2.75, 3.05) is 6.54 Å². The minimum Gasteiger partial charge on any atom is -0.370 e. The molecule has 0 spiro atoms. The summed E-state index contributed by atoms with van der Waals surface area (Å²) in [6.45, 7) is 1.34. The lowest BCUT2D eigenvalue weighted by Crippen LogP contribution is -2.47. The van der Waals surface area contributed by atoms with Crippen LogP contribution in [0.2, 0.25) is 0 Å². The molecule has 1 fully saturated rings. The zero-order chi connectivity index (χ0) is 13.8. The Bertz CT molecular complexity index is 478. The van der Waals surface area contributed by atoms with E-state index >= 15 is 0 Å². The maximum atomic E-state index is 11.9. The van der Waals surface area contributed by atoms with Crippen molar-refractivity contribution in [3.8, 4) is 0 Å². The van der Waals surface area contributed by atoms with Crippen molar-refractivity contribution >= 4 is 17.6 Å². The molecule has 1 heterocycles. The van der Waals surface area contributed by atoms with Crippen molar-refractivity contribution in [3.05, 3.63) is 29.8 Å². The van der Waals surface area contributed by atoms with Crippen molar-refractivity contribution in [3.63, 3.8) is 0 Å². The lowest BCUT2D eigenvalue weighted by atomic mass is 10.0. The Kier molecular flexibility index (Phi) is 4.01. The van der Waals surface area contributed by atoms with E-state index in [1.165, 1.54) is 0 Å². The van der Waals surface area contributed by atoms with Crippen LogP contribution in [-0.2, 0) is 11.3 Å². The number of carbonyl (C=O) groups excluding carboxylic acids is 1. The van der Waals surface area contributed by atoms with Gasteiger partial charge in [0.25, 0.3) is 0 Å². The zero-order valence-electron chi connectivity index (χ0n) is 10.7. The molecule has 102 valence electrons. The molecule has 6 heteroatoms. The summed E-state index contributed by atoms with van der Waals surface area (Å²) in [5.41, 5.74) is 18.1. The average molecular weight is 261 g/mol. The van der Waals surface area contributed by atoms with Crippen LogP contribution in [0.15, 0.2) is 29.3 Å². The van der Waals surface area contributed by atoms with Gasteiger partial charge in [-0.1, -0.05) is 12.1 Å². The van der Waals surface area contributed by atoms with E-state index < -0.39 is 0 Å². The molecule has 0 aromatic heterocycles. The summed E-state index contributed by atoms with van der Waals surface area (Å²) in [7, 11) is 0. The molecule has 1 aromatic carbocycles. The van der Waals surface area contributed by atoms with Crippen LogP contribution in [0.3, 0.4) is 0 Å². The predicted molar refractivity (Wildman–Crippen MR) is 74.5 cm³/mol. The Hall–Kier alpha value is -2.08. The largest absolute Gasteiger partial charge is 0.370 e. The number of hydrogen-bond acceptors (Lipinski definition) is 3. The van der Waals surface area contributed by atoms with Crippen molar-refractivity contribution in [1.82, 2.24) is 4.90 Å². The molecular formula is C13H19N5O. The second kappa shape index (κ2) is 5.71. The van der Waals surface area contributed by atoms with Gasteiger partial charge in [0.1, 0.15) is 0 Å². The lowest BCUT2D eigenvalue weighted by Gasteiger charge is -2.30. The molecular weight excluding hydrogens is 242 g/mol. The Morgan fingerprint density at radius 3 is 2.63 bits per heavy atom. The summed E-state index contributed by atoms with van der Waals surface area (Å²) in [6, 6.07) is 7.12. The van der Waals surface area contributed by atoms with E-state index in [1.54, 1.807) is 4.90 Å². The molecule has 6 N–H and O–H groups in total. The molecule has 1 aliphatic heterocycles. The molecule has 1 atom stereocenters. The van der Waals surface area contributed by atoms with Gasteiger partial charge >= 0.3 is 0 Å². The van der Waals surface area contributed by atoms with Crippen LogP contribution in [0.4, 0.5) is 5.69 Å². The maximum absolute atomic E-state index is 11.9. The predicted octanol–water partition coefficient (Wildman–Crippen LogP) is 0.0412. The molecule has 19 heavy (non-hydrogen) atoms. The van der Waals surface area contributed by atoms with Crippen molar-refractivity contribution < 1.29 is 4.79 Å². The molecule has 0 saturated carbocycles. The zero-order valence-corrected chi connectivity index (χ0v) is 10.7. The Morgan fingerprint density at radius 2 is 2.00 bits per heavy atom. The molecule has 0 bridgehead atoms. The molecule has 1 aliphatic rings. The first-order valence-corrected chi connectivity index (χ1v) is 6.29. The second-order valence-corrected chi connectivity index (χ2v) is 4.71. The van der Waals surface area contributed by atoms with E-state index in [9.17, 15) is 4.79 Å². The quantitative estimate of drug-likeness (QED) is 0.527. The highest BCUT2D eigenvalue weighted by Gasteiger charge is 2.25. The first kappa shape index (κ1) is 13.4. The number of benzene rings is 1. The fourth-order valence-corrected chi connectivity index (χ4v) is 2.17. The van der Waals surface area contributed by atoms with Gasteiger partial charge in [-0.15, -0.1) is 0 Å². The van der Waals surface area contributed by atoms with Gasteiger partial charge in [-0.2, -0.15) is 0 Å². The van der Waals surface area contributed by atoms with Crippen molar-refractivity contribution in [1.29, 1.82) is 0 Å². The fourth-order valence-electron chi connectivity index (χ4n) is 2.17. The average Bonchev–Trinajstić information content (AvgIpc) is 2.37. The molecule has 1 unspecified atom stereocenters. The summed E-state index contributed by atoms with van der Waals surface area (Å²) in [6.07, 6.45) is 1.73. The van der Waals surface area contributed by atoms with Crippen LogP contribution in [0.5, 0.6) is 0 Å². The van der Waals surface area contributed by atoms with Crippen LogP contribution in [0.25, 0.3) is 0 Å². The number of aliphatic imine (C=N–C) groups is 1. The molecule has 1 aromatic rings. The molecule has 0 radical (unpaired) electrons. The minimum atomic E-state index is -0.352. The van der Waals surface area contributed by atoms with E-state index in [0.29, 0.717) is 12.2 Å². The number of piperidine rings is 1. The van der Waals surface area contributed by atoms with Crippen molar-refractivity contribution in [2.24, 2.45) is 22.2 Å². The second-order valence-electron chi connectivity index (χ2n) is 4.71. The number of nitrogens with two attached hydrogens (primary N) is 3. The van der Waals surface area contributed by atoms with Gasteiger partial charge in [-0.3, -0.25) is 4.79 Å². The van der Waals surface area contributed by atoms with Crippen molar-refractivity contribution in [2.45, 2.75) is 25.4 Å². The van der Waals surface area contributed by atoms with Crippen LogP contribution < -0.4 is 17.2 Å². The van der Waals surface area contributed by atoms with E-state index in [1.807, 2.05) is 24.3 Å². The van der Waals surface area contributed by atoms with Gasteiger partial charge in [-0.05, 0) is 30.5 Å². The molecule has 2 rings (SSSR count). The third kappa shape index (κ3) is 3.45. The Morgan fingerprint density at radius 1 is 1.32 bits per heavy atom. The Labute approximate surface area is 112 Å². The minimum absolute atomic E-state index is 0.0274. The monoisotopic (exact) mass is 261 g/mol. The van der Waals surface area contributed by atoms with Gasteiger partial charge in [-0.25, -0.2) is 4.99 Å². The standard InChI is InChI=1S/C13H19N5O/c14-11-2-1-7-18(12(11)19)8-9-3-5-10(6-4-9)17-13(15)16/h3-6,11H,1-2,7-8,14H2,(H4,15,16,17). The van der Waals surface area contributed by atoms with Crippen LogP contribution in [0.1, 0.15) is 18.4 Å². The molecule has 6 nitrogen and oxygen atoms in total. The molecule has 0 aliphatic carbocycles. The number of hydrogen-bond donors (Lipinski definition) is 3. The first-order chi connectivity index (χ1) is 9.06. The van der Waals surface area contributed by atoms with E-state index in [0.717, 1.165) is 24.9 Å². The summed E-state index contributed by atoms with van der Waals surface area (Å²) in [5, 5.41) is 0. The van der Waals surface area contributed by atoms with Crippen LogP contribution in [-0.4, -0.2) is 29.4 Å². The van der Waals surface area contributed by atoms with Gasteiger partial charge in [0.05, 0.1) is 11.7 Å². The van der Waals surface area contributed by atoms with Gasteiger partial charge in [0, 0.05) is 13.1 Å². The van der Waals surface area contributed by atoms with E-state index in [-0.39, 0.29) is 17.9 Å². The third-order valence-corrected chi connectivity index (χ3v) is 3.14. The summed E-state index contributed by atoms with van der Waals surface area (Å²) >= 11 is 0. The number of nitrogens with zero attached hydrogens (tertiary/aromatic N) is 2. The number of rotatable bonds is 3. The number of likely N-dealkylation sites (tertiary alicyclic amines) is 1. The molecule has 1 amide bonds. The first-order valence-electron chi connectivity index (χ1n) is 6.29. The van der Waals surface area contributed by atoms with E-state index in [2.05, 4.69) is 4.99 Å². The molecule has 1 saturated heterocycles. The van der Waals surface area contributed by atoms with Gasteiger partial charge in [0.2, 0.25) is 5.91 Å². The normalized spacial score (nSPS) is 19.3. The summed E-state index contributed by atoms with van der Waals surface area (Å²) in [4.78, 5) is 17.6.